The largest absolute Gasteiger partial charge is 0.426 e. The lowest BCUT2D eigenvalue weighted by molar-refractivity contribution is -0.384. The van der Waals surface area contributed by atoms with E-state index in [0.29, 0.717) is 24.5 Å². The van der Waals surface area contributed by atoms with Crippen molar-refractivity contribution in [1.82, 2.24) is 15.2 Å². The summed E-state index contributed by atoms with van der Waals surface area (Å²) in [6.07, 6.45) is -6.20. The Bertz CT molecular complexity index is 1470. The van der Waals surface area contributed by atoms with Gasteiger partial charge >= 0.3 is 18.0 Å². The Hall–Kier alpha value is -4.27. The first-order valence-corrected chi connectivity index (χ1v) is 13.7. The first kappa shape index (κ1) is 32.6. The van der Waals surface area contributed by atoms with Gasteiger partial charge in [-0.05, 0) is 44.1 Å². The molecule has 0 spiro atoms. The summed E-state index contributed by atoms with van der Waals surface area (Å²) >= 11 is 0. The lowest BCUT2D eigenvalue weighted by Gasteiger charge is -2.39. The molecule has 0 radical (unpaired) electrons. The van der Waals surface area contributed by atoms with Gasteiger partial charge in [-0.25, -0.2) is 4.98 Å². The van der Waals surface area contributed by atoms with Crippen LogP contribution in [0.2, 0.25) is 0 Å². The number of benzene rings is 1. The third-order valence-electron chi connectivity index (χ3n) is 7.31. The third-order valence-corrected chi connectivity index (χ3v) is 7.31. The smallest absolute Gasteiger partial charge is 0.415 e. The van der Waals surface area contributed by atoms with Gasteiger partial charge in [-0.3, -0.25) is 10.1 Å². The topological polar surface area (TPSA) is 107 Å². The van der Waals surface area contributed by atoms with E-state index in [2.05, 4.69) is 28.3 Å². The molecule has 1 fully saturated rings. The van der Waals surface area contributed by atoms with Gasteiger partial charge in [0.1, 0.15) is 11.4 Å². The number of anilines is 1. The number of nitro groups is 1. The van der Waals surface area contributed by atoms with Gasteiger partial charge in [-0.1, -0.05) is 42.5 Å². The minimum atomic E-state index is -5.12. The summed E-state index contributed by atoms with van der Waals surface area (Å²) in [7, 11) is 0. The number of rotatable bonds is 14. The highest BCUT2D eigenvalue weighted by Crippen LogP contribution is 2.48. The highest BCUT2D eigenvalue weighted by Gasteiger charge is 2.61. The van der Waals surface area contributed by atoms with Gasteiger partial charge in [0, 0.05) is 18.7 Å². The van der Waals surface area contributed by atoms with Crippen molar-refractivity contribution in [3.63, 3.8) is 0 Å². The lowest BCUT2D eigenvalue weighted by atomic mass is 9.91. The van der Waals surface area contributed by atoms with Crippen LogP contribution in [0.15, 0.2) is 66.1 Å². The van der Waals surface area contributed by atoms with Crippen molar-refractivity contribution in [2.24, 2.45) is 0 Å². The standard InChI is InChI=1S/C29H29F6N5O4/c1-3-5-15-27(29(33,34)35,43-18-19-11-8-7-9-12-19)26-38-37-25(44-26)23-22(40(41)42)17-21(28(30,31)32)24(36-23)39(16-6-4-2)20-13-10-14-20/h3-4,7-9,11-12,17,20H,1-2,5-6,10,13-16,18H2. The number of pyridine rings is 1. The second kappa shape index (κ2) is 13.2. The van der Waals surface area contributed by atoms with Crippen LogP contribution >= 0.6 is 0 Å². The van der Waals surface area contributed by atoms with E-state index < -0.39 is 70.4 Å². The number of allylic oxidation sites excluding steroid dienone is 1. The van der Waals surface area contributed by atoms with Crippen LogP contribution < -0.4 is 4.90 Å². The molecule has 2 heterocycles. The summed E-state index contributed by atoms with van der Waals surface area (Å²) in [6.45, 7) is 6.62. The molecule has 9 nitrogen and oxygen atoms in total. The van der Waals surface area contributed by atoms with Crippen LogP contribution in [-0.4, -0.2) is 38.9 Å². The number of ether oxygens (including phenoxy) is 1. The van der Waals surface area contributed by atoms with E-state index in [1.165, 1.54) is 17.1 Å². The van der Waals surface area contributed by atoms with Crippen molar-refractivity contribution < 1.29 is 40.4 Å². The summed E-state index contributed by atoms with van der Waals surface area (Å²) in [5, 5.41) is 19.1. The number of hydrogen-bond acceptors (Lipinski definition) is 8. The van der Waals surface area contributed by atoms with Crippen molar-refractivity contribution in [3.8, 4) is 11.6 Å². The second-order valence-corrected chi connectivity index (χ2v) is 10.2. The Morgan fingerprint density at radius 1 is 1.07 bits per heavy atom. The van der Waals surface area contributed by atoms with E-state index >= 15 is 0 Å². The fourth-order valence-corrected chi connectivity index (χ4v) is 4.76. The van der Waals surface area contributed by atoms with Crippen LogP contribution in [-0.2, 0) is 23.1 Å². The molecule has 1 aliphatic carbocycles. The Morgan fingerprint density at radius 3 is 2.30 bits per heavy atom. The molecule has 2 aromatic heterocycles. The molecule has 1 aliphatic rings. The number of halogens is 6. The highest BCUT2D eigenvalue weighted by molar-refractivity contribution is 5.68. The zero-order valence-corrected chi connectivity index (χ0v) is 23.4. The van der Waals surface area contributed by atoms with E-state index in [9.17, 15) is 36.5 Å². The molecule has 0 bridgehead atoms. The van der Waals surface area contributed by atoms with Gasteiger partial charge in [0.2, 0.25) is 11.3 Å². The van der Waals surface area contributed by atoms with Crippen LogP contribution in [0.5, 0.6) is 0 Å². The van der Waals surface area contributed by atoms with Gasteiger partial charge in [-0.15, -0.1) is 23.4 Å². The number of aromatic nitrogens is 3. The van der Waals surface area contributed by atoms with E-state index in [1.807, 2.05) is 0 Å². The van der Waals surface area contributed by atoms with E-state index in [0.717, 1.165) is 6.42 Å². The van der Waals surface area contributed by atoms with Crippen LogP contribution in [0.1, 0.15) is 55.5 Å². The fraction of sp³-hybridized carbons (Fsp3) is 0.414. The minimum Gasteiger partial charge on any atom is -0.415 e. The molecular weight excluding hydrogens is 596 g/mol. The first-order chi connectivity index (χ1) is 20.8. The normalized spacial score (nSPS) is 15.3. The lowest BCUT2D eigenvalue weighted by Crippen LogP contribution is -2.45. The SMILES string of the molecule is C=CCCN(c1nc(-c2nnc(C(CCC=C)(OCc3ccccc3)C(F)(F)F)o2)c([N+](=O)[O-])cc1C(F)(F)F)C1CCC1. The van der Waals surface area contributed by atoms with Gasteiger partial charge in [0.15, 0.2) is 0 Å². The maximum atomic E-state index is 14.8. The average molecular weight is 626 g/mol. The summed E-state index contributed by atoms with van der Waals surface area (Å²) in [5.41, 5.74) is -6.11. The fourth-order valence-electron chi connectivity index (χ4n) is 4.76. The van der Waals surface area contributed by atoms with E-state index in [1.54, 1.807) is 30.3 Å². The Kier molecular flexibility index (Phi) is 9.76. The third kappa shape index (κ3) is 6.77. The number of hydrogen-bond donors (Lipinski definition) is 0. The summed E-state index contributed by atoms with van der Waals surface area (Å²) < 4.78 is 97.8. The summed E-state index contributed by atoms with van der Waals surface area (Å²) in [5.74, 6) is -2.58. The quantitative estimate of drug-likeness (QED) is 0.0769. The maximum Gasteiger partial charge on any atom is 0.426 e. The van der Waals surface area contributed by atoms with E-state index in [-0.39, 0.29) is 25.4 Å². The van der Waals surface area contributed by atoms with Gasteiger partial charge in [0.25, 0.3) is 11.8 Å². The van der Waals surface area contributed by atoms with Crippen molar-refractivity contribution in [1.29, 1.82) is 0 Å². The van der Waals surface area contributed by atoms with Crippen molar-refractivity contribution in [3.05, 3.63) is 88.8 Å². The molecule has 0 saturated heterocycles. The average Bonchev–Trinajstić information content (AvgIpc) is 3.43. The van der Waals surface area contributed by atoms with E-state index in [4.69, 9.17) is 9.15 Å². The zero-order chi connectivity index (χ0) is 32.1. The molecule has 236 valence electrons. The predicted octanol–water partition coefficient (Wildman–Crippen LogP) is 7.93. The van der Waals surface area contributed by atoms with Crippen LogP contribution in [0, 0.1) is 10.1 Å². The molecule has 0 amide bonds. The molecule has 15 heteroatoms. The number of nitrogens with zero attached hydrogens (tertiary/aromatic N) is 5. The molecule has 1 unspecified atom stereocenters. The summed E-state index contributed by atoms with van der Waals surface area (Å²) in [6, 6.07) is 7.94. The molecule has 1 atom stereocenters. The second-order valence-electron chi connectivity index (χ2n) is 10.2. The van der Waals surface area contributed by atoms with Gasteiger partial charge < -0.3 is 14.1 Å². The highest BCUT2D eigenvalue weighted by atomic mass is 19.4. The van der Waals surface area contributed by atoms with Crippen LogP contribution in [0.3, 0.4) is 0 Å². The van der Waals surface area contributed by atoms with Crippen molar-refractivity contribution in [2.75, 3.05) is 11.4 Å². The monoisotopic (exact) mass is 625 g/mol. The molecular formula is C29H29F6N5O4. The Balaban J connectivity index is 1.88. The Morgan fingerprint density at radius 2 is 1.75 bits per heavy atom. The van der Waals surface area contributed by atoms with Crippen LogP contribution in [0.25, 0.3) is 11.6 Å². The molecule has 1 aromatic carbocycles. The maximum absolute atomic E-state index is 14.8. The summed E-state index contributed by atoms with van der Waals surface area (Å²) in [4.78, 5) is 16.2. The van der Waals surface area contributed by atoms with Gasteiger partial charge in [0.05, 0.1) is 11.5 Å². The van der Waals surface area contributed by atoms with Gasteiger partial charge in [-0.2, -0.15) is 26.3 Å². The molecule has 1 saturated carbocycles. The first-order valence-electron chi connectivity index (χ1n) is 13.7. The van der Waals surface area contributed by atoms with Crippen LogP contribution in [0.4, 0.5) is 37.8 Å². The van der Waals surface area contributed by atoms with Crippen molar-refractivity contribution in [2.45, 2.75) is 69.1 Å². The Labute approximate surface area is 248 Å². The minimum absolute atomic E-state index is 0.0721. The predicted molar refractivity (Wildman–Crippen MR) is 147 cm³/mol. The van der Waals surface area contributed by atoms with Crippen molar-refractivity contribution >= 4 is 11.5 Å². The molecule has 44 heavy (non-hydrogen) atoms. The zero-order valence-electron chi connectivity index (χ0n) is 23.4. The molecule has 0 N–H and O–H groups in total. The molecule has 3 aromatic rings. The number of alkyl halides is 6. The molecule has 0 aliphatic heterocycles. The molecule has 4 rings (SSSR count).